The molecule has 0 spiro atoms. The number of anilines is 2. The average Bonchev–Trinajstić information content (AvgIpc) is 2.18. The van der Waals surface area contributed by atoms with Crippen molar-refractivity contribution < 1.29 is 9.53 Å². The highest BCUT2D eigenvalue weighted by molar-refractivity contribution is 5.93. The van der Waals surface area contributed by atoms with E-state index in [-0.39, 0.29) is 12.5 Å². The minimum atomic E-state index is -0.0859. The highest BCUT2D eigenvalue weighted by atomic mass is 16.5. The zero-order valence-electron chi connectivity index (χ0n) is 8.36. The summed E-state index contributed by atoms with van der Waals surface area (Å²) in [5, 5.41) is 0. The first-order valence-electron chi connectivity index (χ1n) is 4.26. The number of hydrogen-bond donors (Lipinski definition) is 1. The van der Waals surface area contributed by atoms with Crippen molar-refractivity contribution in [3.05, 3.63) is 24.3 Å². The van der Waals surface area contributed by atoms with Gasteiger partial charge in [-0.15, -0.1) is 0 Å². The van der Waals surface area contributed by atoms with Crippen molar-refractivity contribution in [1.82, 2.24) is 0 Å². The van der Waals surface area contributed by atoms with Gasteiger partial charge in [-0.1, -0.05) is 0 Å². The summed E-state index contributed by atoms with van der Waals surface area (Å²) < 4.78 is 4.75. The molecule has 0 saturated heterocycles. The number of nitrogens with two attached hydrogens (primary N) is 1. The predicted molar refractivity (Wildman–Crippen MR) is 56.1 cm³/mol. The normalized spacial score (nSPS) is 9.86. The number of benzene rings is 1. The maximum atomic E-state index is 11.4. The second kappa shape index (κ2) is 4.62. The van der Waals surface area contributed by atoms with E-state index in [0.29, 0.717) is 5.69 Å². The Morgan fingerprint density at radius 2 is 2.00 bits per heavy atom. The van der Waals surface area contributed by atoms with Crippen LogP contribution in [0, 0.1) is 0 Å². The SMILES string of the molecule is COCC(=O)N(C)c1ccc(N)cc1. The minimum absolute atomic E-state index is 0.0842. The summed E-state index contributed by atoms with van der Waals surface area (Å²) >= 11 is 0. The number of carbonyl (C=O) groups excluding carboxylic acids is 1. The minimum Gasteiger partial charge on any atom is -0.399 e. The third-order valence-electron chi connectivity index (χ3n) is 1.92. The van der Waals surface area contributed by atoms with Gasteiger partial charge in [0.15, 0.2) is 0 Å². The highest BCUT2D eigenvalue weighted by Crippen LogP contribution is 2.14. The first-order chi connectivity index (χ1) is 6.65. The number of nitrogen functional groups attached to an aromatic ring is 1. The van der Waals surface area contributed by atoms with Gasteiger partial charge in [0.05, 0.1) is 0 Å². The Bertz CT molecular complexity index is 308. The van der Waals surface area contributed by atoms with Crippen LogP contribution in [0.15, 0.2) is 24.3 Å². The van der Waals surface area contributed by atoms with Gasteiger partial charge in [0.2, 0.25) is 0 Å². The molecule has 0 bridgehead atoms. The standard InChI is InChI=1S/C10H14N2O2/c1-12(10(13)7-14-2)9-5-3-8(11)4-6-9/h3-6H,7,11H2,1-2H3. The van der Waals surface area contributed by atoms with Crippen molar-refractivity contribution in [2.75, 3.05) is 31.4 Å². The number of rotatable bonds is 3. The van der Waals surface area contributed by atoms with Crippen LogP contribution in [0.3, 0.4) is 0 Å². The number of likely N-dealkylation sites (N-methyl/N-ethyl adjacent to an activating group) is 1. The maximum Gasteiger partial charge on any atom is 0.252 e. The average molecular weight is 194 g/mol. The number of ether oxygens (including phenoxy) is 1. The van der Waals surface area contributed by atoms with E-state index in [1.807, 2.05) is 0 Å². The second-order valence-corrected chi connectivity index (χ2v) is 2.98. The van der Waals surface area contributed by atoms with Gasteiger partial charge < -0.3 is 15.4 Å². The summed E-state index contributed by atoms with van der Waals surface area (Å²) in [5.74, 6) is -0.0859. The smallest absolute Gasteiger partial charge is 0.252 e. The van der Waals surface area contributed by atoms with Crippen LogP contribution >= 0.6 is 0 Å². The molecule has 1 aromatic rings. The zero-order valence-corrected chi connectivity index (χ0v) is 8.36. The fourth-order valence-corrected chi connectivity index (χ4v) is 1.06. The van der Waals surface area contributed by atoms with Crippen molar-refractivity contribution >= 4 is 17.3 Å². The molecule has 0 atom stereocenters. The summed E-state index contributed by atoms with van der Waals surface area (Å²) in [6, 6.07) is 7.10. The van der Waals surface area contributed by atoms with Crippen LogP contribution in [0.4, 0.5) is 11.4 Å². The van der Waals surface area contributed by atoms with Crippen LogP contribution in [-0.4, -0.2) is 26.7 Å². The van der Waals surface area contributed by atoms with E-state index >= 15 is 0 Å². The molecule has 0 radical (unpaired) electrons. The summed E-state index contributed by atoms with van der Waals surface area (Å²) in [6.45, 7) is 0.0842. The van der Waals surface area contributed by atoms with E-state index in [9.17, 15) is 4.79 Å². The van der Waals surface area contributed by atoms with Crippen LogP contribution in [0.5, 0.6) is 0 Å². The molecule has 2 N–H and O–H groups in total. The predicted octanol–water partition coefficient (Wildman–Crippen LogP) is 0.878. The fraction of sp³-hybridized carbons (Fsp3) is 0.300. The fourth-order valence-electron chi connectivity index (χ4n) is 1.06. The van der Waals surface area contributed by atoms with Crippen molar-refractivity contribution in [3.63, 3.8) is 0 Å². The molecule has 76 valence electrons. The lowest BCUT2D eigenvalue weighted by Gasteiger charge is -2.16. The topological polar surface area (TPSA) is 55.6 Å². The molecule has 4 heteroatoms. The number of hydrogen-bond acceptors (Lipinski definition) is 3. The summed E-state index contributed by atoms with van der Waals surface area (Å²) in [4.78, 5) is 12.9. The molecule has 1 amide bonds. The van der Waals surface area contributed by atoms with E-state index in [0.717, 1.165) is 5.69 Å². The van der Waals surface area contributed by atoms with Gasteiger partial charge >= 0.3 is 0 Å². The lowest BCUT2D eigenvalue weighted by atomic mass is 10.2. The molecule has 1 rings (SSSR count). The molecular formula is C10H14N2O2. The molecule has 0 aliphatic rings. The van der Waals surface area contributed by atoms with E-state index in [4.69, 9.17) is 10.5 Å². The van der Waals surface area contributed by atoms with Gasteiger partial charge in [0, 0.05) is 25.5 Å². The van der Waals surface area contributed by atoms with Crippen LogP contribution in [0.2, 0.25) is 0 Å². The highest BCUT2D eigenvalue weighted by Gasteiger charge is 2.09. The molecular weight excluding hydrogens is 180 g/mol. The van der Waals surface area contributed by atoms with Crippen molar-refractivity contribution in [1.29, 1.82) is 0 Å². The third-order valence-corrected chi connectivity index (χ3v) is 1.92. The summed E-state index contributed by atoms with van der Waals surface area (Å²) in [6.07, 6.45) is 0. The van der Waals surface area contributed by atoms with Crippen LogP contribution < -0.4 is 10.6 Å². The Kier molecular flexibility index (Phi) is 3.48. The molecule has 4 nitrogen and oxygen atoms in total. The lowest BCUT2D eigenvalue weighted by Crippen LogP contribution is -2.29. The van der Waals surface area contributed by atoms with E-state index < -0.39 is 0 Å². The third kappa shape index (κ3) is 2.47. The molecule has 0 aromatic heterocycles. The summed E-state index contributed by atoms with van der Waals surface area (Å²) in [5.41, 5.74) is 7.02. The number of nitrogens with zero attached hydrogens (tertiary/aromatic N) is 1. The van der Waals surface area contributed by atoms with E-state index in [1.165, 1.54) is 12.0 Å². The van der Waals surface area contributed by atoms with Crippen LogP contribution in [0.1, 0.15) is 0 Å². The first kappa shape index (κ1) is 10.5. The molecule has 14 heavy (non-hydrogen) atoms. The molecule has 1 aromatic carbocycles. The Morgan fingerprint density at radius 3 is 2.50 bits per heavy atom. The van der Waals surface area contributed by atoms with Crippen molar-refractivity contribution in [3.8, 4) is 0 Å². The van der Waals surface area contributed by atoms with Gasteiger partial charge in [-0.05, 0) is 24.3 Å². The quantitative estimate of drug-likeness (QED) is 0.727. The Labute approximate surface area is 83.3 Å². The Hall–Kier alpha value is -1.55. The molecule has 0 unspecified atom stereocenters. The van der Waals surface area contributed by atoms with Gasteiger partial charge in [0.25, 0.3) is 5.91 Å². The number of amides is 1. The molecule has 0 aliphatic carbocycles. The zero-order chi connectivity index (χ0) is 10.6. The van der Waals surface area contributed by atoms with Gasteiger partial charge in [-0.25, -0.2) is 0 Å². The Balaban J connectivity index is 2.73. The van der Waals surface area contributed by atoms with Gasteiger partial charge in [-0.3, -0.25) is 4.79 Å². The van der Waals surface area contributed by atoms with E-state index in [2.05, 4.69) is 0 Å². The Morgan fingerprint density at radius 1 is 1.43 bits per heavy atom. The molecule has 0 saturated carbocycles. The summed E-state index contributed by atoms with van der Waals surface area (Å²) in [7, 11) is 3.20. The lowest BCUT2D eigenvalue weighted by molar-refractivity contribution is -0.121. The molecule has 0 heterocycles. The first-order valence-corrected chi connectivity index (χ1v) is 4.26. The second-order valence-electron chi connectivity index (χ2n) is 2.98. The van der Waals surface area contributed by atoms with E-state index in [1.54, 1.807) is 31.3 Å². The van der Waals surface area contributed by atoms with Gasteiger partial charge in [-0.2, -0.15) is 0 Å². The number of carbonyl (C=O) groups is 1. The van der Waals surface area contributed by atoms with Crippen LogP contribution in [0.25, 0.3) is 0 Å². The molecule has 0 aliphatic heterocycles. The molecule has 0 fully saturated rings. The van der Waals surface area contributed by atoms with Crippen molar-refractivity contribution in [2.45, 2.75) is 0 Å². The van der Waals surface area contributed by atoms with Crippen molar-refractivity contribution in [2.24, 2.45) is 0 Å². The maximum absolute atomic E-state index is 11.4. The monoisotopic (exact) mass is 194 g/mol. The van der Waals surface area contributed by atoms with Gasteiger partial charge in [0.1, 0.15) is 6.61 Å². The number of methoxy groups -OCH3 is 1. The largest absolute Gasteiger partial charge is 0.399 e. The van der Waals surface area contributed by atoms with Crippen LogP contribution in [-0.2, 0) is 9.53 Å².